The quantitative estimate of drug-likeness (QED) is 0.666. The Labute approximate surface area is 67.6 Å². The standard InChI is InChI=1S/C9H16O2/c1-7-4-2-3-5-8(7)6-9(10)11/h7-8H,2-6H2,1H3,(H,10,11)/t7-,8+/m0/s1. The smallest absolute Gasteiger partial charge is 0.303 e. The summed E-state index contributed by atoms with van der Waals surface area (Å²) >= 11 is 0. The average Bonchev–Trinajstić information content (AvgIpc) is 1.93. The van der Waals surface area contributed by atoms with Crippen LogP contribution in [0.1, 0.15) is 39.0 Å². The minimum absolute atomic E-state index is 0.376. The van der Waals surface area contributed by atoms with Gasteiger partial charge in [0, 0.05) is 6.42 Å². The summed E-state index contributed by atoms with van der Waals surface area (Å²) in [5, 5.41) is 8.58. The molecule has 0 amide bonds. The van der Waals surface area contributed by atoms with Gasteiger partial charge in [0.2, 0.25) is 0 Å². The summed E-state index contributed by atoms with van der Waals surface area (Å²) in [6.07, 6.45) is 5.23. The lowest BCUT2D eigenvalue weighted by molar-refractivity contribution is -0.138. The van der Waals surface area contributed by atoms with Gasteiger partial charge in [-0.15, -0.1) is 0 Å². The monoisotopic (exact) mass is 156 g/mol. The van der Waals surface area contributed by atoms with E-state index in [1.54, 1.807) is 0 Å². The Kier molecular flexibility index (Phi) is 2.92. The molecule has 0 aromatic carbocycles. The van der Waals surface area contributed by atoms with Gasteiger partial charge < -0.3 is 5.11 Å². The topological polar surface area (TPSA) is 37.3 Å². The van der Waals surface area contributed by atoms with Gasteiger partial charge in [0.15, 0.2) is 0 Å². The van der Waals surface area contributed by atoms with Crippen molar-refractivity contribution in [2.24, 2.45) is 11.8 Å². The van der Waals surface area contributed by atoms with Crippen molar-refractivity contribution in [3.05, 3.63) is 0 Å². The molecule has 2 nitrogen and oxygen atoms in total. The minimum atomic E-state index is -0.635. The first-order valence-corrected chi connectivity index (χ1v) is 4.42. The van der Waals surface area contributed by atoms with E-state index in [2.05, 4.69) is 6.92 Å². The molecule has 2 heteroatoms. The second kappa shape index (κ2) is 3.74. The Hall–Kier alpha value is -0.530. The molecule has 64 valence electrons. The van der Waals surface area contributed by atoms with E-state index in [0.29, 0.717) is 18.3 Å². The molecule has 0 aromatic rings. The zero-order valence-electron chi connectivity index (χ0n) is 7.05. The first-order chi connectivity index (χ1) is 5.20. The van der Waals surface area contributed by atoms with Crippen LogP contribution in [-0.2, 0) is 4.79 Å². The number of carbonyl (C=O) groups is 1. The third-order valence-electron chi connectivity index (χ3n) is 2.73. The van der Waals surface area contributed by atoms with Crippen LogP contribution in [0.2, 0.25) is 0 Å². The van der Waals surface area contributed by atoms with Crippen LogP contribution in [0.25, 0.3) is 0 Å². The highest BCUT2D eigenvalue weighted by Crippen LogP contribution is 2.31. The molecule has 1 aliphatic carbocycles. The maximum atomic E-state index is 10.4. The lowest BCUT2D eigenvalue weighted by Crippen LogP contribution is -2.19. The highest BCUT2D eigenvalue weighted by Gasteiger charge is 2.22. The molecule has 0 aromatic heterocycles. The number of hydrogen-bond donors (Lipinski definition) is 1. The molecule has 0 radical (unpaired) electrons. The van der Waals surface area contributed by atoms with Crippen molar-refractivity contribution in [1.82, 2.24) is 0 Å². The Morgan fingerprint density at radius 2 is 2.09 bits per heavy atom. The highest BCUT2D eigenvalue weighted by atomic mass is 16.4. The predicted octanol–water partition coefficient (Wildman–Crippen LogP) is 2.29. The van der Waals surface area contributed by atoms with E-state index in [0.717, 1.165) is 6.42 Å². The van der Waals surface area contributed by atoms with E-state index in [1.165, 1.54) is 19.3 Å². The second-order valence-electron chi connectivity index (χ2n) is 3.62. The zero-order chi connectivity index (χ0) is 8.27. The molecular formula is C9H16O2. The van der Waals surface area contributed by atoms with E-state index in [-0.39, 0.29) is 0 Å². The second-order valence-corrected chi connectivity index (χ2v) is 3.62. The van der Waals surface area contributed by atoms with Crippen molar-refractivity contribution in [2.45, 2.75) is 39.0 Å². The van der Waals surface area contributed by atoms with Crippen molar-refractivity contribution < 1.29 is 9.90 Å². The van der Waals surface area contributed by atoms with Gasteiger partial charge in [0.1, 0.15) is 0 Å². The van der Waals surface area contributed by atoms with Crippen LogP contribution in [0.5, 0.6) is 0 Å². The fourth-order valence-electron chi connectivity index (χ4n) is 1.92. The molecule has 0 heterocycles. The van der Waals surface area contributed by atoms with E-state index in [4.69, 9.17) is 5.11 Å². The molecule has 0 saturated heterocycles. The van der Waals surface area contributed by atoms with Crippen LogP contribution in [-0.4, -0.2) is 11.1 Å². The normalized spacial score (nSPS) is 31.7. The van der Waals surface area contributed by atoms with Gasteiger partial charge in [-0.05, 0) is 18.3 Å². The first kappa shape index (κ1) is 8.57. The molecule has 11 heavy (non-hydrogen) atoms. The number of rotatable bonds is 2. The van der Waals surface area contributed by atoms with E-state index < -0.39 is 5.97 Å². The van der Waals surface area contributed by atoms with E-state index in [9.17, 15) is 4.79 Å². The summed E-state index contributed by atoms with van der Waals surface area (Å²) in [4.78, 5) is 10.4. The van der Waals surface area contributed by atoms with Gasteiger partial charge in [0.25, 0.3) is 0 Å². The maximum Gasteiger partial charge on any atom is 0.303 e. The minimum Gasteiger partial charge on any atom is -0.481 e. The Morgan fingerprint density at radius 3 is 2.64 bits per heavy atom. The van der Waals surface area contributed by atoms with E-state index in [1.807, 2.05) is 0 Å². The number of carboxylic acids is 1. The molecular weight excluding hydrogens is 140 g/mol. The summed E-state index contributed by atoms with van der Waals surface area (Å²) in [5.41, 5.74) is 0. The van der Waals surface area contributed by atoms with Crippen molar-refractivity contribution in [2.75, 3.05) is 0 Å². The van der Waals surface area contributed by atoms with Gasteiger partial charge in [-0.3, -0.25) is 4.79 Å². The first-order valence-electron chi connectivity index (χ1n) is 4.42. The fourth-order valence-corrected chi connectivity index (χ4v) is 1.92. The number of aliphatic carboxylic acids is 1. The van der Waals surface area contributed by atoms with Crippen LogP contribution < -0.4 is 0 Å². The molecule has 2 atom stereocenters. The van der Waals surface area contributed by atoms with Gasteiger partial charge in [-0.1, -0.05) is 26.2 Å². The summed E-state index contributed by atoms with van der Waals surface area (Å²) in [6.45, 7) is 2.17. The number of hydrogen-bond acceptors (Lipinski definition) is 1. The molecule has 0 bridgehead atoms. The highest BCUT2D eigenvalue weighted by molar-refractivity contribution is 5.67. The Balaban J connectivity index is 2.35. The van der Waals surface area contributed by atoms with Crippen LogP contribution in [0.15, 0.2) is 0 Å². The fraction of sp³-hybridized carbons (Fsp3) is 0.889. The third kappa shape index (κ3) is 2.52. The van der Waals surface area contributed by atoms with Crippen molar-refractivity contribution in [3.8, 4) is 0 Å². The number of carboxylic acid groups (broad SMARTS) is 1. The van der Waals surface area contributed by atoms with Crippen LogP contribution in [0.3, 0.4) is 0 Å². The molecule has 1 fully saturated rings. The molecule has 1 aliphatic rings. The van der Waals surface area contributed by atoms with Crippen LogP contribution in [0, 0.1) is 11.8 Å². The molecule has 1 saturated carbocycles. The molecule has 1 rings (SSSR count). The molecule has 1 N–H and O–H groups in total. The molecule has 0 aliphatic heterocycles. The largest absolute Gasteiger partial charge is 0.481 e. The maximum absolute atomic E-state index is 10.4. The summed E-state index contributed by atoms with van der Waals surface area (Å²) in [6, 6.07) is 0. The predicted molar refractivity (Wildman–Crippen MR) is 43.4 cm³/mol. The van der Waals surface area contributed by atoms with Crippen LogP contribution >= 0.6 is 0 Å². The van der Waals surface area contributed by atoms with Crippen molar-refractivity contribution in [3.63, 3.8) is 0 Å². The average molecular weight is 156 g/mol. The lowest BCUT2D eigenvalue weighted by atomic mass is 9.79. The summed E-state index contributed by atoms with van der Waals surface area (Å²) in [7, 11) is 0. The van der Waals surface area contributed by atoms with Gasteiger partial charge in [-0.25, -0.2) is 0 Å². The molecule has 0 unspecified atom stereocenters. The van der Waals surface area contributed by atoms with Gasteiger partial charge in [-0.2, -0.15) is 0 Å². The third-order valence-corrected chi connectivity index (χ3v) is 2.73. The zero-order valence-corrected chi connectivity index (χ0v) is 7.05. The van der Waals surface area contributed by atoms with E-state index >= 15 is 0 Å². The Morgan fingerprint density at radius 1 is 1.45 bits per heavy atom. The van der Waals surface area contributed by atoms with Gasteiger partial charge >= 0.3 is 5.97 Å². The molecule has 0 spiro atoms. The lowest BCUT2D eigenvalue weighted by Gasteiger charge is -2.27. The SMILES string of the molecule is C[C@H]1CCCC[C@@H]1CC(=O)O. The summed E-state index contributed by atoms with van der Waals surface area (Å²) in [5.74, 6) is 0.435. The van der Waals surface area contributed by atoms with Crippen molar-refractivity contribution in [1.29, 1.82) is 0 Å². The van der Waals surface area contributed by atoms with Crippen molar-refractivity contribution >= 4 is 5.97 Å². The summed E-state index contributed by atoms with van der Waals surface area (Å²) < 4.78 is 0. The van der Waals surface area contributed by atoms with Gasteiger partial charge in [0.05, 0.1) is 0 Å². The van der Waals surface area contributed by atoms with Crippen LogP contribution in [0.4, 0.5) is 0 Å². The Bertz CT molecular complexity index is 142.